The van der Waals surface area contributed by atoms with Crippen LogP contribution in [0, 0.1) is 5.92 Å². The van der Waals surface area contributed by atoms with Crippen molar-refractivity contribution in [2.24, 2.45) is 5.92 Å². The van der Waals surface area contributed by atoms with Crippen LogP contribution in [-0.2, 0) is 16.6 Å². The van der Waals surface area contributed by atoms with Crippen molar-refractivity contribution in [1.29, 1.82) is 0 Å². The van der Waals surface area contributed by atoms with Crippen molar-refractivity contribution in [3.63, 3.8) is 0 Å². The van der Waals surface area contributed by atoms with Gasteiger partial charge in [-0.05, 0) is 31.0 Å². The maximum Gasteiger partial charge on any atom is 0.308 e. The molecule has 0 saturated heterocycles. The predicted molar refractivity (Wildman–Crippen MR) is 108 cm³/mol. The lowest BCUT2D eigenvalue weighted by atomic mass is 10.3. The molecule has 3 rings (SSSR count). The van der Waals surface area contributed by atoms with Crippen LogP contribution in [0.25, 0.3) is 10.2 Å². The third-order valence-corrected chi connectivity index (χ3v) is 8.24. The van der Waals surface area contributed by atoms with Gasteiger partial charge in [0.2, 0.25) is 5.13 Å². The molecular formula is C15H18N4O3S4. The van der Waals surface area contributed by atoms with E-state index in [1.165, 1.54) is 23.5 Å². The lowest BCUT2D eigenvalue weighted by molar-refractivity contribution is 0.601. The summed E-state index contributed by atoms with van der Waals surface area (Å²) in [4.78, 5) is 11.9. The summed E-state index contributed by atoms with van der Waals surface area (Å²) in [6, 6.07) is 4.68. The molecule has 140 valence electrons. The van der Waals surface area contributed by atoms with Gasteiger partial charge in [-0.2, -0.15) is 0 Å². The number of benzene rings is 1. The molecule has 1 N–H and O–H groups in total. The van der Waals surface area contributed by atoms with Crippen molar-refractivity contribution in [3.8, 4) is 0 Å². The number of nitrogens with zero attached hydrogens (tertiary/aromatic N) is 3. The number of rotatable bonds is 7. The molecule has 11 heteroatoms. The molecule has 0 fully saturated rings. The number of anilines is 1. The van der Waals surface area contributed by atoms with Crippen molar-refractivity contribution >= 4 is 59.8 Å². The molecule has 1 aromatic carbocycles. The standard InChI is InChI=1S/C15H18N4O3S4/c1-4-19-11-6-5-10(7-12(11)24-15(19)20)26(21,22)18-13-16-17-14(25-13)23-8-9(2)3/h5-7,9H,4,8H2,1-3H3,(H,16,18). The van der Waals surface area contributed by atoms with Gasteiger partial charge in [-0.3, -0.25) is 14.1 Å². The Kier molecular flexibility index (Phi) is 5.70. The van der Waals surface area contributed by atoms with E-state index >= 15 is 0 Å². The fraction of sp³-hybridized carbons (Fsp3) is 0.400. The van der Waals surface area contributed by atoms with Crippen molar-refractivity contribution < 1.29 is 8.42 Å². The van der Waals surface area contributed by atoms with Gasteiger partial charge in [0.1, 0.15) is 0 Å². The van der Waals surface area contributed by atoms with Crippen molar-refractivity contribution in [2.75, 3.05) is 10.5 Å². The van der Waals surface area contributed by atoms with Crippen LogP contribution in [0.5, 0.6) is 0 Å². The smallest absolute Gasteiger partial charge is 0.299 e. The van der Waals surface area contributed by atoms with Gasteiger partial charge < -0.3 is 0 Å². The lowest BCUT2D eigenvalue weighted by Crippen LogP contribution is -2.13. The second kappa shape index (κ2) is 7.67. The van der Waals surface area contributed by atoms with Crippen molar-refractivity contribution in [3.05, 3.63) is 27.9 Å². The van der Waals surface area contributed by atoms with Gasteiger partial charge >= 0.3 is 4.87 Å². The summed E-state index contributed by atoms with van der Waals surface area (Å²) in [5.74, 6) is 1.41. The third-order valence-electron chi connectivity index (χ3n) is 3.43. The molecule has 0 aliphatic carbocycles. The summed E-state index contributed by atoms with van der Waals surface area (Å²) in [6.45, 7) is 6.64. The van der Waals surface area contributed by atoms with E-state index in [9.17, 15) is 13.2 Å². The number of nitrogens with one attached hydrogen (secondary N) is 1. The number of hydrogen-bond acceptors (Lipinski definition) is 8. The van der Waals surface area contributed by atoms with Crippen LogP contribution in [0.15, 0.2) is 32.2 Å². The Morgan fingerprint density at radius 2 is 2.04 bits per heavy atom. The van der Waals surface area contributed by atoms with Crippen LogP contribution in [0.1, 0.15) is 20.8 Å². The highest BCUT2D eigenvalue weighted by molar-refractivity contribution is 8.01. The van der Waals surface area contributed by atoms with E-state index < -0.39 is 10.0 Å². The topological polar surface area (TPSA) is 94.0 Å². The molecule has 0 saturated carbocycles. The summed E-state index contributed by atoms with van der Waals surface area (Å²) in [7, 11) is -3.79. The van der Waals surface area contributed by atoms with E-state index in [-0.39, 0.29) is 14.9 Å². The molecule has 3 aromatic rings. The maximum absolute atomic E-state index is 12.6. The SMILES string of the molecule is CCn1c(=O)sc2cc(S(=O)(=O)Nc3nnc(SCC(C)C)s3)ccc21. The minimum Gasteiger partial charge on any atom is -0.299 e. The van der Waals surface area contributed by atoms with Gasteiger partial charge in [0.25, 0.3) is 10.0 Å². The lowest BCUT2D eigenvalue weighted by Gasteiger charge is -2.05. The molecule has 0 bridgehead atoms. The van der Waals surface area contributed by atoms with E-state index in [2.05, 4.69) is 28.8 Å². The minimum atomic E-state index is -3.79. The van der Waals surface area contributed by atoms with E-state index in [0.29, 0.717) is 17.2 Å². The Balaban J connectivity index is 1.84. The Bertz CT molecular complexity index is 1080. The zero-order chi connectivity index (χ0) is 18.9. The first-order chi connectivity index (χ1) is 12.3. The number of aryl methyl sites for hydroxylation is 1. The highest BCUT2D eigenvalue weighted by Gasteiger charge is 2.19. The molecule has 0 aliphatic rings. The highest BCUT2D eigenvalue weighted by atomic mass is 32.2. The quantitative estimate of drug-likeness (QED) is 0.577. The highest BCUT2D eigenvalue weighted by Crippen LogP contribution is 2.29. The molecule has 0 unspecified atom stereocenters. The third kappa shape index (κ3) is 4.11. The molecule has 2 aromatic heterocycles. The van der Waals surface area contributed by atoms with Gasteiger partial charge in [-0.1, -0.05) is 48.3 Å². The van der Waals surface area contributed by atoms with Crippen LogP contribution in [0.3, 0.4) is 0 Å². The first-order valence-corrected chi connectivity index (χ1v) is 12.0. The molecule has 26 heavy (non-hydrogen) atoms. The minimum absolute atomic E-state index is 0.0963. The molecule has 0 aliphatic heterocycles. The number of thiazole rings is 1. The fourth-order valence-electron chi connectivity index (χ4n) is 2.23. The zero-order valence-corrected chi connectivity index (χ0v) is 17.7. The number of sulfonamides is 1. The molecule has 0 atom stereocenters. The Morgan fingerprint density at radius 1 is 1.27 bits per heavy atom. The zero-order valence-electron chi connectivity index (χ0n) is 14.4. The largest absolute Gasteiger partial charge is 0.308 e. The van der Waals surface area contributed by atoms with Crippen LogP contribution >= 0.6 is 34.4 Å². The Hall–Kier alpha value is -1.43. The first-order valence-electron chi connectivity index (χ1n) is 7.92. The second-order valence-electron chi connectivity index (χ2n) is 5.93. The number of thioether (sulfide) groups is 1. The maximum atomic E-state index is 12.6. The summed E-state index contributed by atoms with van der Waals surface area (Å²) < 4.78 is 30.7. The van der Waals surface area contributed by atoms with Gasteiger partial charge in [0, 0.05) is 12.3 Å². The summed E-state index contributed by atoms with van der Waals surface area (Å²) in [5.41, 5.74) is 0.740. The number of fused-ring (bicyclic) bond motifs is 1. The normalized spacial score (nSPS) is 12.2. The molecule has 2 heterocycles. The van der Waals surface area contributed by atoms with Crippen LogP contribution in [0.4, 0.5) is 5.13 Å². The molecule has 0 amide bonds. The second-order valence-corrected chi connectivity index (χ2v) is 10.8. The summed E-state index contributed by atoms with van der Waals surface area (Å²) in [5, 5.41) is 8.14. The van der Waals surface area contributed by atoms with Crippen LogP contribution in [-0.4, -0.2) is 28.9 Å². The van der Waals surface area contributed by atoms with E-state index in [0.717, 1.165) is 26.9 Å². The monoisotopic (exact) mass is 430 g/mol. The summed E-state index contributed by atoms with van der Waals surface area (Å²) in [6.07, 6.45) is 0. The molecule has 0 radical (unpaired) electrons. The Morgan fingerprint density at radius 3 is 2.73 bits per heavy atom. The first kappa shape index (κ1) is 19.3. The van der Waals surface area contributed by atoms with E-state index in [1.54, 1.807) is 22.4 Å². The van der Waals surface area contributed by atoms with E-state index in [1.807, 2.05) is 6.92 Å². The molecule has 0 spiro atoms. The number of aromatic nitrogens is 3. The molecule has 7 nitrogen and oxygen atoms in total. The van der Waals surface area contributed by atoms with Crippen molar-refractivity contribution in [2.45, 2.75) is 36.6 Å². The van der Waals surface area contributed by atoms with Gasteiger partial charge in [-0.15, -0.1) is 10.2 Å². The predicted octanol–water partition coefficient (Wildman–Crippen LogP) is 3.48. The van der Waals surface area contributed by atoms with Crippen LogP contribution in [0.2, 0.25) is 0 Å². The van der Waals surface area contributed by atoms with Gasteiger partial charge in [0.05, 0.1) is 15.1 Å². The summed E-state index contributed by atoms with van der Waals surface area (Å²) >= 11 is 3.80. The van der Waals surface area contributed by atoms with Crippen molar-refractivity contribution in [1.82, 2.24) is 14.8 Å². The van der Waals surface area contributed by atoms with Gasteiger partial charge in [-0.25, -0.2) is 8.42 Å². The Labute approximate surface area is 163 Å². The fourth-order valence-corrected chi connectivity index (χ4v) is 6.29. The van der Waals surface area contributed by atoms with E-state index in [4.69, 9.17) is 0 Å². The van der Waals surface area contributed by atoms with Gasteiger partial charge in [0.15, 0.2) is 4.34 Å². The molecular weight excluding hydrogens is 412 g/mol. The average molecular weight is 431 g/mol. The van der Waals surface area contributed by atoms with Crippen LogP contribution < -0.4 is 9.60 Å². The average Bonchev–Trinajstić information content (AvgIpc) is 3.14. The number of hydrogen-bond donors (Lipinski definition) is 1.